The Labute approximate surface area is 239 Å². The zero-order chi connectivity index (χ0) is 30.8. The predicted molar refractivity (Wildman–Crippen MR) is 149 cm³/mol. The van der Waals surface area contributed by atoms with Gasteiger partial charge in [-0.3, -0.25) is 4.90 Å². The van der Waals surface area contributed by atoms with Crippen LogP contribution in [0.3, 0.4) is 0 Å². The molecule has 2 heterocycles. The monoisotopic (exact) mass is 577 g/mol. The summed E-state index contributed by atoms with van der Waals surface area (Å²) in [7, 11) is 5.38. The summed E-state index contributed by atoms with van der Waals surface area (Å²) in [4.78, 5) is 33.5. The number of esters is 2. The Morgan fingerprint density at radius 3 is 2.24 bits per heavy atom. The first kappa shape index (κ1) is 29.7. The predicted octanol–water partition coefficient (Wildman–Crippen LogP) is 4.73. The Balaban J connectivity index is 2.00. The molecule has 0 spiro atoms. The summed E-state index contributed by atoms with van der Waals surface area (Å²) in [6.45, 7) is 0. The molecule has 12 heteroatoms. The van der Waals surface area contributed by atoms with Crippen molar-refractivity contribution in [3.05, 3.63) is 101 Å². The number of rotatable bonds is 6. The maximum atomic E-state index is 13.7. The topological polar surface area (TPSA) is 122 Å². The Kier molecular flexibility index (Phi) is 8.24. The van der Waals surface area contributed by atoms with E-state index in [2.05, 4.69) is 11.1 Å². The third kappa shape index (κ3) is 5.49. The number of ether oxygens (including phenoxy) is 2. The number of anilines is 2. The van der Waals surface area contributed by atoms with E-state index in [9.17, 15) is 28.0 Å². The summed E-state index contributed by atoms with van der Waals surface area (Å²) < 4.78 is 51.2. The highest BCUT2D eigenvalue weighted by atomic mass is 19.4. The van der Waals surface area contributed by atoms with Crippen LogP contribution in [0.25, 0.3) is 11.3 Å². The van der Waals surface area contributed by atoms with Crippen molar-refractivity contribution in [1.82, 2.24) is 4.98 Å². The molecule has 3 aromatic rings. The number of halogens is 3. The molecule has 0 bridgehead atoms. The molecule has 9 nitrogen and oxygen atoms in total. The Morgan fingerprint density at radius 1 is 1.00 bits per heavy atom. The van der Waals surface area contributed by atoms with E-state index in [0.29, 0.717) is 5.56 Å². The first-order valence-corrected chi connectivity index (χ1v) is 12.5. The number of aromatic nitrogens is 1. The summed E-state index contributed by atoms with van der Waals surface area (Å²) in [6, 6.07) is 18.4. The van der Waals surface area contributed by atoms with Crippen molar-refractivity contribution in [3.8, 4) is 17.3 Å². The molecule has 1 atom stereocenters. The lowest BCUT2D eigenvalue weighted by Gasteiger charge is -2.36. The van der Waals surface area contributed by atoms with E-state index >= 15 is 0 Å². The van der Waals surface area contributed by atoms with E-state index in [-0.39, 0.29) is 45.4 Å². The second-order valence-corrected chi connectivity index (χ2v) is 9.38. The number of allylic oxidation sites excluding steroid dienone is 1. The average Bonchev–Trinajstić information content (AvgIpc) is 2.99. The lowest BCUT2D eigenvalue weighted by molar-refractivity contribution is -0.139. The average molecular weight is 578 g/mol. The van der Waals surface area contributed by atoms with Crippen LogP contribution in [0.4, 0.5) is 24.7 Å². The third-order valence-electron chi connectivity index (χ3n) is 6.61. The fourth-order valence-electron chi connectivity index (χ4n) is 4.64. The van der Waals surface area contributed by atoms with Gasteiger partial charge >= 0.3 is 18.1 Å². The van der Waals surface area contributed by atoms with E-state index in [1.165, 1.54) is 34.1 Å². The summed E-state index contributed by atoms with van der Waals surface area (Å²) in [5.41, 5.74) is 5.98. The molecule has 0 saturated heterocycles. The minimum Gasteiger partial charge on any atom is -0.466 e. The van der Waals surface area contributed by atoms with Gasteiger partial charge in [0.1, 0.15) is 17.3 Å². The van der Waals surface area contributed by atoms with Crippen LogP contribution in [0.2, 0.25) is 0 Å². The van der Waals surface area contributed by atoms with E-state index in [1.807, 2.05) is 0 Å². The van der Waals surface area contributed by atoms with Crippen molar-refractivity contribution in [2.24, 2.45) is 5.73 Å². The quantitative estimate of drug-likeness (QED) is 0.415. The molecular weight excluding hydrogens is 551 g/mol. The zero-order valence-electron chi connectivity index (χ0n) is 23.1. The highest BCUT2D eigenvalue weighted by Gasteiger charge is 2.43. The van der Waals surface area contributed by atoms with Crippen molar-refractivity contribution < 1.29 is 32.2 Å². The van der Waals surface area contributed by atoms with Gasteiger partial charge in [-0.05, 0) is 29.8 Å². The van der Waals surface area contributed by atoms with Gasteiger partial charge < -0.3 is 20.1 Å². The van der Waals surface area contributed by atoms with Gasteiger partial charge in [-0.25, -0.2) is 14.6 Å². The lowest BCUT2D eigenvalue weighted by Crippen LogP contribution is -2.40. The molecule has 1 aliphatic heterocycles. The van der Waals surface area contributed by atoms with Gasteiger partial charge in [-0.2, -0.15) is 18.4 Å². The first-order valence-electron chi connectivity index (χ1n) is 12.5. The molecule has 4 rings (SSSR count). The highest BCUT2D eigenvalue weighted by Crippen LogP contribution is 2.44. The molecular formula is C30H26F3N5O4. The molecule has 216 valence electrons. The third-order valence-corrected chi connectivity index (χ3v) is 6.61. The van der Waals surface area contributed by atoms with E-state index in [4.69, 9.17) is 15.2 Å². The van der Waals surface area contributed by atoms with Crippen molar-refractivity contribution in [2.75, 3.05) is 38.1 Å². The Hall–Kier alpha value is -5.31. The molecule has 0 radical (unpaired) electrons. The Morgan fingerprint density at radius 2 is 1.67 bits per heavy atom. The molecule has 0 fully saturated rings. The van der Waals surface area contributed by atoms with Crippen LogP contribution in [-0.2, 0) is 25.2 Å². The molecule has 0 aliphatic carbocycles. The SMILES string of the molecule is COC(=O)C1=C(C(=O)OC)N(c2cccc(-c3cc(C(F)(F)F)cc(N(C)C)n3)c2)C(N)=C(C#N)C1c1ccccc1. The Bertz CT molecular complexity index is 1640. The summed E-state index contributed by atoms with van der Waals surface area (Å²) in [5, 5.41) is 10.2. The molecule has 2 aromatic carbocycles. The fraction of sp³-hybridized carbons (Fsp3) is 0.200. The summed E-state index contributed by atoms with van der Waals surface area (Å²) in [6.07, 6.45) is -4.63. The molecule has 1 aromatic heterocycles. The number of methoxy groups -OCH3 is 2. The number of nitrogens with two attached hydrogens (primary N) is 1. The van der Waals surface area contributed by atoms with Crippen LogP contribution in [0.15, 0.2) is 89.4 Å². The number of hydrogen-bond acceptors (Lipinski definition) is 9. The molecule has 42 heavy (non-hydrogen) atoms. The second-order valence-electron chi connectivity index (χ2n) is 9.38. The summed E-state index contributed by atoms with van der Waals surface area (Å²) in [5.74, 6) is -3.02. The number of carbonyl (C=O) groups is 2. The first-order chi connectivity index (χ1) is 19.9. The van der Waals surface area contributed by atoms with Crippen molar-refractivity contribution >= 4 is 23.4 Å². The van der Waals surface area contributed by atoms with Crippen LogP contribution >= 0.6 is 0 Å². The minimum atomic E-state index is -4.63. The number of hydrogen-bond donors (Lipinski definition) is 1. The van der Waals surface area contributed by atoms with E-state index in [1.54, 1.807) is 44.4 Å². The fourth-order valence-corrected chi connectivity index (χ4v) is 4.64. The van der Waals surface area contributed by atoms with Gasteiger partial charge in [0.15, 0.2) is 0 Å². The van der Waals surface area contributed by atoms with Crippen LogP contribution < -0.4 is 15.5 Å². The van der Waals surface area contributed by atoms with Crippen molar-refractivity contribution in [1.29, 1.82) is 5.26 Å². The van der Waals surface area contributed by atoms with Crippen LogP contribution in [0.1, 0.15) is 17.0 Å². The van der Waals surface area contributed by atoms with E-state index < -0.39 is 29.6 Å². The van der Waals surface area contributed by atoms with E-state index in [0.717, 1.165) is 26.4 Å². The van der Waals surface area contributed by atoms with Crippen molar-refractivity contribution in [3.63, 3.8) is 0 Å². The largest absolute Gasteiger partial charge is 0.466 e. The van der Waals surface area contributed by atoms with Gasteiger partial charge in [0.25, 0.3) is 0 Å². The highest BCUT2D eigenvalue weighted by molar-refractivity contribution is 6.06. The van der Waals surface area contributed by atoms with Crippen LogP contribution in [-0.4, -0.2) is 45.2 Å². The van der Waals surface area contributed by atoms with Crippen LogP contribution in [0.5, 0.6) is 0 Å². The maximum absolute atomic E-state index is 13.7. The maximum Gasteiger partial charge on any atom is 0.416 e. The number of carbonyl (C=O) groups excluding carboxylic acids is 2. The molecule has 2 N–H and O–H groups in total. The molecule has 0 saturated carbocycles. The van der Waals surface area contributed by atoms with Crippen LogP contribution in [0, 0.1) is 11.3 Å². The number of pyridine rings is 1. The molecule has 1 aliphatic rings. The number of alkyl halides is 3. The zero-order valence-corrected chi connectivity index (χ0v) is 23.1. The molecule has 1 unspecified atom stereocenters. The summed E-state index contributed by atoms with van der Waals surface area (Å²) >= 11 is 0. The number of benzene rings is 2. The molecule has 0 amide bonds. The standard InChI is InChI=1S/C30H26F3N5O4/c1-37(2)23-15-19(30(31,32)33)14-22(36-23)18-11-8-12-20(13-18)38-26(29(40)42-4)25(28(39)41-3)24(21(16-34)27(38)35)17-9-6-5-7-10-17/h5-15,24H,35H2,1-4H3. The van der Waals surface area contributed by atoms with Gasteiger partial charge in [-0.1, -0.05) is 42.5 Å². The number of nitriles is 1. The lowest BCUT2D eigenvalue weighted by atomic mass is 9.81. The number of nitrogens with zero attached hydrogens (tertiary/aromatic N) is 4. The van der Waals surface area contributed by atoms with Gasteiger partial charge in [-0.15, -0.1) is 0 Å². The van der Waals surface area contributed by atoms with Crippen molar-refractivity contribution in [2.45, 2.75) is 12.1 Å². The second kappa shape index (κ2) is 11.7. The van der Waals surface area contributed by atoms with Gasteiger partial charge in [0, 0.05) is 25.3 Å². The van der Waals surface area contributed by atoms with Gasteiger partial charge in [0.05, 0.1) is 48.6 Å². The normalized spacial score (nSPS) is 15.3. The smallest absolute Gasteiger partial charge is 0.416 e. The minimum absolute atomic E-state index is 0.00519. The van der Waals surface area contributed by atoms with Gasteiger partial charge in [0.2, 0.25) is 0 Å².